The summed E-state index contributed by atoms with van der Waals surface area (Å²) in [4.78, 5) is 3.74. The molecule has 0 N–H and O–H groups in total. The van der Waals surface area contributed by atoms with Crippen molar-refractivity contribution in [3.63, 3.8) is 0 Å². The second-order valence-electron chi connectivity index (χ2n) is 1.71. The van der Waals surface area contributed by atoms with Crippen molar-refractivity contribution >= 4 is 34.8 Å². The topological polar surface area (TPSA) is 17.8 Å². The molecule has 0 fully saturated rings. The zero-order valence-electron chi connectivity index (χ0n) is 5.24. The Labute approximate surface area is 73.7 Å². The summed E-state index contributed by atoms with van der Waals surface area (Å²) in [5.74, 6) is 0. The molecule has 56 valence electrons. The Kier molecular flexibility index (Phi) is 2.45. The molecule has 0 spiro atoms. The molecule has 0 radical (unpaired) electrons. The lowest BCUT2D eigenvalue weighted by atomic mass is 10.7. The van der Waals surface area contributed by atoms with Crippen molar-refractivity contribution in [3.05, 3.63) is 15.6 Å². The highest BCUT2D eigenvalue weighted by Gasteiger charge is 2.09. The summed E-state index contributed by atoms with van der Waals surface area (Å²) in [6.45, 7) is 2.59. The number of imidazole rings is 1. The molecule has 1 aromatic rings. The molecule has 0 unspecified atom stereocenters. The lowest BCUT2D eigenvalue weighted by Crippen LogP contribution is -1.92. The van der Waals surface area contributed by atoms with Gasteiger partial charge in [0.2, 0.25) is 5.28 Å². The van der Waals surface area contributed by atoms with Gasteiger partial charge in [-0.25, -0.2) is 4.98 Å². The van der Waals surface area contributed by atoms with Crippen molar-refractivity contribution in [2.24, 2.45) is 0 Å². The van der Waals surface area contributed by atoms with E-state index in [1.54, 1.807) is 4.57 Å². The van der Waals surface area contributed by atoms with E-state index in [1.165, 1.54) is 0 Å². The summed E-state index contributed by atoms with van der Waals surface area (Å²) >= 11 is 16.9. The van der Waals surface area contributed by atoms with Crippen molar-refractivity contribution in [2.75, 3.05) is 0 Å². The quantitative estimate of drug-likeness (QED) is 0.680. The zero-order chi connectivity index (χ0) is 7.72. The monoisotopic (exact) mass is 198 g/mol. The number of nitrogens with zero attached hydrogens (tertiary/aromatic N) is 2. The Balaban J connectivity index is 3.20. The molecule has 0 atom stereocenters. The smallest absolute Gasteiger partial charge is 0.205 e. The molecule has 2 nitrogen and oxygen atoms in total. The van der Waals surface area contributed by atoms with E-state index < -0.39 is 0 Å². The summed E-state index contributed by atoms with van der Waals surface area (Å²) in [5, 5.41) is 0.986. The summed E-state index contributed by atoms with van der Waals surface area (Å²) in [7, 11) is 0. The predicted molar refractivity (Wildman–Crippen MR) is 42.9 cm³/mol. The van der Waals surface area contributed by atoms with E-state index in [1.807, 2.05) is 6.92 Å². The lowest BCUT2D eigenvalue weighted by Gasteiger charge is -1.97. The molecule has 0 aromatic carbocycles. The average molecular weight is 199 g/mol. The largest absolute Gasteiger partial charge is 0.305 e. The van der Waals surface area contributed by atoms with E-state index in [9.17, 15) is 0 Å². The van der Waals surface area contributed by atoms with Crippen LogP contribution < -0.4 is 0 Å². The van der Waals surface area contributed by atoms with Crippen LogP contribution in [0.1, 0.15) is 6.92 Å². The Morgan fingerprint density at radius 2 is 2.00 bits per heavy atom. The van der Waals surface area contributed by atoms with Gasteiger partial charge in [0, 0.05) is 6.54 Å². The molecular formula is C5H5Cl3N2. The highest BCUT2D eigenvalue weighted by Crippen LogP contribution is 2.24. The van der Waals surface area contributed by atoms with Crippen LogP contribution in [-0.2, 0) is 6.54 Å². The minimum atomic E-state index is 0.258. The van der Waals surface area contributed by atoms with Gasteiger partial charge in [0.15, 0.2) is 5.15 Å². The van der Waals surface area contributed by atoms with Crippen LogP contribution in [0.3, 0.4) is 0 Å². The molecule has 0 bridgehead atoms. The first-order valence-corrected chi connectivity index (χ1v) is 3.87. The van der Waals surface area contributed by atoms with Crippen molar-refractivity contribution in [1.29, 1.82) is 0 Å². The minimum absolute atomic E-state index is 0.258. The number of hydrogen-bond acceptors (Lipinski definition) is 1. The van der Waals surface area contributed by atoms with Gasteiger partial charge in [0.25, 0.3) is 0 Å². The normalized spacial score (nSPS) is 10.4. The van der Waals surface area contributed by atoms with Gasteiger partial charge in [-0.1, -0.05) is 23.2 Å². The van der Waals surface area contributed by atoms with Crippen LogP contribution in [0.15, 0.2) is 0 Å². The first-order chi connectivity index (χ1) is 4.66. The van der Waals surface area contributed by atoms with Crippen molar-refractivity contribution in [2.45, 2.75) is 13.5 Å². The van der Waals surface area contributed by atoms with Gasteiger partial charge in [0.05, 0.1) is 0 Å². The maximum Gasteiger partial charge on any atom is 0.205 e. The van der Waals surface area contributed by atoms with Crippen LogP contribution >= 0.6 is 34.8 Å². The van der Waals surface area contributed by atoms with E-state index in [0.717, 1.165) is 0 Å². The molecule has 0 aliphatic carbocycles. The molecule has 0 aliphatic heterocycles. The maximum absolute atomic E-state index is 5.70. The fourth-order valence-electron chi connectivity index (χ4n) is 0.649. The van der Waals surface area contributed by atoms with Crippen LogP contribution in [0, 0.1) is 0 Å². The molecule has 10 heavy (non-hydrogen) atoms. The summed E-state index contributed by atoms with van der Waals surface area (Å²) < 4.78 is 1.62. The van der Waals surface area contributed by atoms with E-state index in [-0.39, 0.29) is 5.15 Å². The molecular weight excluding hydrogens is 194 g/mol. The number of halogens is 3. The summed E-state index contributed by atoms with van der Waals surface area (Å²) in [6.07, 6.45) is 0. The highest BCUT2D eigenvalue weighted by atomic mass is 35.5. The predicted octanol–water partition coefficient (Wildman–Crippen LogP) is 2.86. The van der Waals surface area contributed by atoms with Gasteiger partial charge in [-0.3, -0.25) is 0 Å². The van der Waals surface area contributed by atoms with Crippen molar-refractivity contribution < 1.29 is 0 Å². The molecule has 0 aliphatic rings. The van der Waals surface area contributed by atoms with Gasteiger partial charge < -0.3 is 4.57 Å². The van der Waals surface area contributed by atoms with E-state index in [4.69, 9.17) is 34.8 Å². The van der Waals surface area contributed by atoms with Crippen LogP contribution in [0.25, 0.3) is 0 Å². The third kappa shape index (κ3) is 1.24. The maximum atomic E-state index is 5.70. The van der Waals surface area contributed by atoms with Crippen LogP contribution in [0.5, 0.6) is 0 Å². The molecule has 0 saturated carbocycles. The minimum Gasteiger partial charge on any atom is -0.305 e. The van der Waals surface area contributed by atoms with Gasteiger partial charge in [0.1, 0.15) is 5.15 Å². The number of hydrogen-bond donors (Lipinski definition) is 0. The molecule has 0 amide bonds. The number of rotatable bonds is 1. The van der Waals surface area contributed by atoms with Gasteiger partial charge in [-0.2, -0.15) is 0 Å². The van der Waals surface area contributed by atoms with Crippen LogP contribution in [0.4, 0.5) is 0 Å². The van der Waals surface area contributed by atoms with Crippen LogP contribution in [-0.4, -0.2) is 9.55 Å². The fourth-order valence-corrected chi connectivity index (χ4v) is 1.45. The van der Waals surface area contributed by atoms with Crippen molar-refractivity contribution in [1.82, 2.24) is 9.55 Å². The summed E-state index contributed by atoms with van der Waals surface area (Å²) in [6, 6.07) is 0. The first-order valence-electron chi connectivity index (χ1n) is 2.73. The number of aromatic nitrogens is 2. The molecule has 1 rings (SSSR count). The van der Waals surface area contributed by atoms with Gasteiger partial charge >= 0.3 is 0 Å². The standard InChI is InChI=1S/C5H5Cl3N2/c1-2-10-4(7)3(6)9-5(10)8/h2H2,1H3. The molecule has 5 heteroatoms. The molecule has 1 aromatic heterocycles. The summed E-state index contributed by atoms with van der Waals surface area (Å²) in [5.41, 5.74) is 0. The van der Waals surface area contributed by atoms with Gasteiger partial charge in [-0.05, 0) is 18.5 Å². The van der Waals surface area contributed by atoms with Crippen molar-refractivity contribution in [3.8, 4) is 0 Å². The second kappa shape index (κ2) is 2.99. The fraction of sp³-hybridized carbons (Fsp3) is 0.400. The molecule has 1 heterocycles. The Morgan fingerprint density at radius 1 is 1.40 bits per heavy atom. The Hall–Kier alpha value is 0.0800. The average Bonchev–Trinajstić information content (AvgIpc) is 2.09. The second-order valence-corrected chi connectivity index (χ2v) is 2.76. The highest BCUT2D eigenvalue weighted by molar-refractivity contribution is 6.41. The van der Waals surface area contributed by atoms with E-state index in [2.05, 4.69) is 4.98 Å². The third-order valence-corrected chi connectivity index (χ3v) is 2.17. The SMILES string of the molecule is CCn1c(Cl)nc(Cl)c1Cl. The zero-order valence-corrected chi connectivity index (χ0v) is 7.50. The van der Waals surface area contributed by atoms with Gasteiger partial charge in [-0.15, -0.1) is 0 Å². The lowest BCUT2D eigenvalue weighted by molar-refractivity contribution is 0.763. The third-order valence-electron chi connectivity index (χ3n) is 1.14. The van der Waals surface area contributed by atoms with E-state index in [0.29, 0.717) is 17.0 Å². The Morgan fingerprint density at radius 3 is 2.20 bits per heavy atom. The molecule has 0 saturated heterocycles. The first kappa shape index (κ1) is 8.18. The van der Waals surface area contributed by atoms with E-state index >= 15 is 0 Å². The van der Waals surface area contributed by atoms with Crippen LogP contribution in [0.2, 0.25) is 15.6 Å². The Bertz CT molecular complexity index is 243.